The summed E-state index contributed by atoms with van der Waals surface area (Å²) in [5, 5.41) is 20.8. The molecule has 4 aliphatic rings. The molecule has 0 aromatic carbocycles. The van der Waals surface area contributed by atoms with Crippen LogP contribution in [-0.2, 0) is 0 Å². The highest BCUT2D eigenvalue weighted by Crippen LogP contribution is 2.68. The SMILES string of the molecule is C[C@]12CCC(O)C=C1CC[C@@H]1[C@H]2CC[C@@]2(C)[C@H]1CCC2(O)S. The topological polar surface area (TPSA) is 40.5 Å². The molecule has 0 saturated heterocycles. The summed E-state index contributed by atoms with van der Waals surface area (Å²) in [6.07, 6.45) is 10.7. The quantitative estimate of drug-likeness (QED) is 0.359. The zero-order valence-electron chi connectivity index (χ0n) is 13.9. The Morgan fingerprint density at radius 2 is 1.77 bits per heavy atom. The Kier molecular flexibility index (Phi) is 3.37. The largest absolute Gasteiger partial charge is 0.389 e. The molecule has 3 heteroatoms. The number of allylic oxidation sites excluding steroid dienone is 1. The van der Waals surface area contributed by atoms with Crippen LogP contribution in [0.1, 0.15) is 65.2 Å². The van der Waals surface area contributed by atoms with E-state index < -0.39 is 4.93 Å². The first-order valence-corrected chi connectivity index (χ1v) is 9.57. The normalized spacial score (nSPS) is 57.6. The average molecular weight is 323 g/mol. The van der Waals surface area contributed by atoms with Gasteiger partial charge in [0.15, 0.2) is 0 Å². The van der Waals surface area contributed by atoms with Gasteiger partial charge in [-0.3, -0.25) is 0 Å². The number of fused-ring (bicyclic) bond motifs is 5. The fourth-order valence-corrected chi connectivity index (χ4v) is 7.11. The maximum absolute atomic E-state index is 10.8. The summed E-state index contributed by atoms with van der Waals surface area (Å²) in [6, 6.07) is 0. The van der Waals surface area contributed by atoms with E-state index >= 15 is 0 Å². The number of aliphatic hydroxyl groups is 2. The van der Waals surface area contributed by atoms with Crippen LogP contribution in [0.25, 0.3) is 0 Å². The minimum Gasteiger partial charge on any atom is -0.389 e. The van der Waals surface area contributed by atoms with E-state index in [2.05, 4.69) is 32.6 Å². The standard InChI is InChI=1S/C19H30O2S/c1-17-8-5-13(20)11-12(17)3-4-14-15(17)6-9-18(2)16(14)7-10-19(18,21)22/h11,13-16,20-22H,3-10H2,1-2H3/t13?,14-,15-,16+,17+,18+,19?/m1/s1. The van der Waals surface area contributed by atoms with Crippen LogP contribution in [0.5, 0.6) is 0 Å². The molecule has 4 aliphatic carbocycles. The van der Waals surface area contributed by atoms with Gasteiger partial charge in [0, 0.05) is 5.41 Å². The minimum atomic E-state index is -0.775. The van der Waals surface area contributed by atoms with Gasteiger partial charge in [-0.05, 0) is 74.5 Å². The van der Waals surface area contributed by atoms with E-state index in [0.29, 0.717) is 11.3 Å². The van der Waals surface area contributed by atoms with E-state index in [1.165, 1.54) is 18.4 Å². The van der Waals surface area contributed by atoms with Crippen molar-refractivity contribution < 1.29 is 10.2 Å². The summed E-state index contributed by atoms with van der Waals surface area (Å²) in [7, 11) is 0. The van der Waals surface area contributed by atoms with Gasteiger partial charge in [0.25, 0.3) is 0 Å². The fourth-order valence-electron chi connectivity index (χ4n) is 6.70. The highest BCUT2D eigenvalue weighted by Gasteiger charge is 2.62. The summed E-state index contributed by atoms with van der Waals surface area (Å²) >= 11 is 4.65. The Labute approximate surface area is 139 Å². The van der Waals surface area contributed by atoms with Crippen LogP contribution in [0.15, 0.2) is 11.6 Å². The van der Waals surface area contributed by atoms with Crippen LogP contribution in [0.3, 0.4) is 0 Å². The molecule has 0 aromatic heterocycles. The fraction of sp³-hybridized carbons (Fsp3) is 0.895. The van der Waals surface area contributed by atoms with Crippen molar-refractivity contribution in [3.63, 3.8) is 0 Å². The lowest BCUT2D eigenvalue weighted by Crippen LogP contribution is -2.53. The summed E-state index contributed by atoms with van der Waals surface area (Å²) in [6.45, 7) is 4.73. The van der Waals surface area contributed by atoms with Crippen LogP contribution < -0.4 is 0 Å². The van der Waals surface area contributed by atoms with Gasteiger partial charge in [0.05, 0.1) is 6.10 Å². The lowest BCUT2D eigenvalue weighted by Gasteiger charge is -2.59. The summed E-state index contributed by atoms with van der Waals surface area (Å²) in [4.78, 5) is -0.775. The van der Waals surface area contributed by atoms with Crippen LogP contribution in [0, 0.1) is 28.6 Å². The van der Waals surface area contributed by atoms with E-state index in [9.17, 15) is 10.2 Å². The van der Waals surface area contributed by atoms with Gasteiger partial charge in [-0.2, -0.15) is 0 Å². The third-order valence-corrected chi connectivity index (χ3v) is 8.93. The van der Waals surface area contributed by atoms with Crippen molar-refractivity contribution >= 4 is 12.6 Å². The molecule has 7 atom stereocenters. The Hall–Kier alpha value is 0.01000. The van der Waals surface area contributed by atoms with Gasteiger partial charge in [0.1, 0.15) is 4.93 Å². The van der Waals surface area contributed by atoms with Crippen molar-refractivity contribution in [2.45, 2.75) is 76.3 Å². The zero-order chi connectivity index (χ0) is 15.8. The molecule has 2 nitrogen and oxygen atoms in total. The lowest BCUT2D eigenvalue weighted by molar-refractivity contribution is -0.0873. The zero-order valence-corrected chi connectivity index (χ0v) is 14.8. The molecule has 0 heterocycles. The van der Waals surface area contributed by atoms with Gasteiger partial charge in [-0.15, -0.1) is 12.6 Å². The van der Waals surface area contributed by atoms with Crippen LogP contribution >= 0.6 is 12.6 Å². The number of aliphatic hydroxyl groups excluding tert-OH is 1. The Balaban J connectivity index is 1.68. The van der Waals surface area contributed by atoms with E-state index in [1.54, 1.807) is 0 Å². The monoisotopic (exact) mass is 322 g/mol. The predicted molar refractivity (Wildman–Crippen MR) is 91.6 cm³/mol. The molecule has 2 unspecified atom stereocenters. The first kappa shape index (κ1) is 15.5. The van der Waals surface area contributed by atoms with Crippen molar-refractivity contribution in [2.75, 3.05) is 0 Å². The number of hydrogen-bond donors (Lipinski definition) is 3. The highest BCUT2D eigenvalue weighted by molar-refractivity contribution is 7.81. The Bertz CT molecular complexity index is 514. The van der Waals surface area contributed by atoms with E-state index in [-0.39, 0.29) is 11.5 Å². The van der Waals surface area contributed by atoms with Crippen molar-refractivity contribution in [2.24, 2.45) is 28.6 Å². The molecular weight excluding hydrogens is 292 g/mol. The maximum Gasteiger partial charge on any atom is 0.113 e. The summed E-state index contributed by atoms with van der Waals surface area (Å²) in [5.41, 5.74) is 1.80. The van der Waals surface area contributed by atoms with Crippen LogP contribution in [0.2, 0.25) is 0 Å². The molecule has 0 radical (unpaired) electrons. The number of hydrogen-bond acceptors (Lipinski definition) is 3. The van der Waals surface area contributed by atoms with Gasteiger partial charge in [0.2, 0.25) is 0 Å². The molecule has 3 fully saturated rings. The Morgan fingerprint density at radius 3 is 2.55 bits per heavy atom. The molecule has 124 valence electrons. The first-order valence-electron chi connectivity index (χ1n) is 9.12. The highest BCUT2D eigenvalue weighted by atomic mass is 32.1. The summed E-state index contributed by atoms with van der Waals surface area (Å²) < 4.78 is 0. The first-order chi connectivity index (χ1) is 10.3. The second-order valence-electron chi connectivity index (χ2n) is 8.94. The van der Waals surface area contributed by atoms with Crippen molar-refractivity contribution in [1.82, 2.24) is 0 Å². The molecule has 22 heavy (non-hydrogen) atoms. The van der Waals surface area contributed by atoms with Gasteiger partial charge >= 0.3 is 0 Å². The smallest absolute Gasteiger partial charge is 0.113 e. The van der Waals surface area contributed by atoms with Crippen molar-refractivity contribution in [3.05, 3.63) is 11.6 Å². The molecule has 2 N–H and O–H groups in total. The summed E-state index contributed by atoms with van der Waals surface area (Å²) in [5.74, 6) is 2.09. The van der Waals surface area contributed by atoms with Gasteiger partial charge in [-0.25, -0.2) is 0 Å². The second-order valence-corrected chi connectivity index (χ2v) is 9.68. The molecule has 4 rings (SSSR count). The van der Waals surface area contributed by atoms with Crippen LogP contribution in [-0.4, -0.2) is 21.3 Å². The van der Waals surface area contributed by atoms with E-state index in [1.807, 2.05) is 0 Å². The maximum atomic E-state index is 10.8. The van der Waals surface area contributed by atoms with Crippen LogP contribution in [0.4, 0.5) is 0 Å². The molecule has 3 saturated carbocycles. The lowest BCUT2D eigenvalue weighted by atomic mass is 9.47. The number of thiol groups is 1. The third-order valence-electron chi connectivity index (χ3n) is 8.20. The van der Waals surface area contributed by atoms with E-state index in [4.69, 9.17) is 0 Å². The van der Waals surface area contributed by atoms with Crippen molar-refractivity contribution in [3.8, 4) is 0 Å². The number of rotatable bonds is 0. The Morgan fingerprint density at radius 1 is 1.05 bits per heavy atom. The van der Waals surface area contributed by atoms with Gasteiger partial charge < -0.3 is 10.2 Å². The molecule has 0 aromatic rings. The predicted octanol–water partition coefficient (Wildman–Crippen LogP) is 3.93. The minimum absolute atomic E-state index is 0.0109. The third kappa shape index (κ3) is 1.88. The molecule has 0 spiro atoms. The molecule has 0 bridgehead atoms. The molecular formula is C19H30O2S. The molecule has 0 amide bonds. The van der Waals surface area contributed by atoms with Gasteiger partial charge in [-0.1, -0.05) is 25.5 Å². The van der Waals surface area contributed by atoms with E-state index in [0.717, 1.165) is 50.4 Å². The molecule has 0 aliphatic heterocycles. The van der Waals surface area contributed by atoms with Crippen molar-refractivity contribution in [1.29, 1.82) is 0 Å². The second kappa shape index (κ2) is 4.77. The average Bonchev–Trinajstić information content (AvgIpc) is 2.70.